The third-order valence-corrected chi connectivity index (χ3v) is 6.34. The van der Waals surface area contributed by atoms with Crippen molar-refractivity contribution in [3.63, 3.8) is 0 Å². The van der Waals surface area contributed by atoms with E-state index in [4.69, 9.17) is 0 Å². The molecule has 0 saturated heterocycles. The van der Waals surface area contributed by atoms with E-state index in [0.29, 0.717) is 5.56 Å². The molecule has 0 aliphatic carbocycles. The largest absolute Gasteiger partial charge is 0.348 e. The molecule has 152 valence electrons. The molecule has 1 heterocycles. The molecule has 2 N–H and O–H groups in total. The fourth-order valence-electron chi connectivity index (χ4n) is 3.37. The summed E-state index contributed by atoms with van der Waals surface area (Å²) in [7, 11) is -3.61. The highest BCUT2D eigenvalue weighted by atomic mass is 32.2. The van der Waals surface area contributed by atoms with E-state index in [1.165, 1.54) is 6.07 Å². The second kappa shape index (κ2) is 8.12. The summed E-state index contributed by atoms with van der Waals surface area (Å²) in [5.41, 5.74) is 3.70. The lowest BCUT2D eigenvalue weighted by Gasteiger charge is -2.14. The van der Waals surface area contributed by atoms with E-state index in [9.17, 15) is 13.2 Å². The van der Waals surface area contributed by atoms with Crippen LogP contribution >= 0.6 is 0 Å². The lowest BCUT2D eigenvalue weighted by atomic mass is 10.0. The predicted octanol–water partition coefficient (Wildman–Crippen LogP) is 3.27. The van der Waals surface area contributed by atoms with Gasteiger partial charge in [-0.15, -0.1) is 0 Å². The lowest BCUT2D eigenvalue weighted by molar-refractivity contribution is -0.120. The van der Waals surface area contributed by atoms with Gasteiger partial charge in [0.2, 0.25) is 5.91 Å². The van der Waals surface area contributed by atoms with Crippen LogP contribution in [0.4, 0.5) is 0 Å². The fraction of sp³-hybridized carbons (Fsp3) is 0.130. The van der Waals surface area contributed by atoms with E-state index >= 15 is 0 Å². The topological polar surface area (TPSA) is 87.6 Å². The van der Waals surface area contributed by atoms with Crippen LogP contribution in [0.3, 0.4) is 0 Å². The van der Waals surface area contributed by atoms with Crippen LogP contribution in [0.25, 0.3) is 11.1 Å². The number of carbonyl (C=O) groups is 1. The molecule has 0 unspecified atom stereocenters. The van der Waals surface area contributed by atoms with Gasteiger partial charge in [0, 0.05) is 5.56 Å². The summed E-state index contributed by atoms with van der Waals surface area (Å²) in [4.78, 5) is 16.7. The molecule has 30 heavy (non-hydrogen) atoms. The minimum Gasteiger partial charge on any atom is -0.348 e. The Morgan fingerprint density at radius 1 is 0.933 bits per heavy atom. The monoisotopic (exact) mass is 419 g/mol. The van der Waals surface area contributed by atoms with Gasteiger partial charge in [0.05, 0.1) is 10.9 Å². The highest BCUT2D eigenvalue weighted by Crippen LogP contribution is 2.23. The van der Waals surface area contributed by atoms with Crippen molar-refractivity contribution in [2.75, 3.05) is 6.54 Å². The van der Waals surface area contributed by atoms with Crippen LogP contribution in [0.15, 0.2) is 88.8 Å². The van der Waals surface area contributed by atoms with E-state index in [1.807, 2.05) is 49.4 Å². The third-order valence-electron chi connectivity index (χ3n) is 4.94. The van der Waals surface area contributed by atoms with Crippen molar-refractivity contribution in [3.05, 3.63) is 90.0 Å². The maximum absolute atomic E-state index is 12.3. The molecule has 1 atom stereocenters. The SMILES string of the molecule is C[C@H](NC(=O)CN=C1NS(=O)(=O)c2ccccc21)c1ccc(-c2ccccc2)cc1. The van der Waals surface area contributed by atoms with Crippen LogP contribution in [-0.2, 0) is 14.8 Å². The number of amides is 1. The molecular weight excluding hydrogens is 398 g/mol. The number of hydrogen-bond acceptors (Lipinski definition) is 4. The van der Waals surface area contributed by atoms with E-state index < -0.39 is 10.0 Å². The Labute approximate surface area is 175 Å². The normalized spacial score (nSPS) is 16.5. The summed E-state index contributed by atoms with van der Waals surface area (Å²) in [6.07, 6.45) is 0. The number of benzene rings is 3. The van der Waals surface area contributed by atoms with Crippen molar-refractivity contribution in [1.82, 2.24) is 10.0 Å². The van der Waals surface area contributed by atoms with Gasteiger partial charge < -0.3 is 5.32 Å². The van der Waals surface area contributed by atoms with Gasteiger partial charge in [-0.05, 0) is 35.7 Å². The van der Waals surface area contributed by atoms with E-state index in [-0.39, 0.29) is 29.2 Å². The molecule has 1 aliphatic rings. The van der Waals surface area contributed by atoms with Gasteiger partial charge in [-0.3, -0.25) is 14.5 Å². The second-order valence-electron chi connectivity index (χ2n) is 7.04. The molecule has 0 bridgehead atoms. The number of hydrogen-bond donors (Lipinski definition) is 2. The average Bonchev–Trinajstić information content (AvgIpc) is 3.03. The van der Waals surface area contributed by atoms with Crippen LogP contribution in [0.5, 0.6) is 0 Å². The highest BCUT2D eigenvalue weighted by Gasteiger charge is 2.30. The second-order valence-corrected chi connectivity index (χ2v) is 8.69. The Hall–Kier alpha value is -3.45. The van der Waals surface area contributed by atoms with Gasteiger partial charge in [0.15, 0.2) is 0 Å². The summed E-state index contributed by atoms with van der Waals surface area (Å²) in [5, 5.41) is 2.90. The van der Waals surface area contributed by atoms with Crippen molar-refractivity contribution in [1.29, 1.82) is 0 Å². The fourth-order valence-corrected chi connectivity index (χ4v) is 4.62. The van der Waals surface area contributed by atoms with Crippen LogP contribution < -0.4 is 10.0 Å². The number of sulfonamides is 1. The number of nitrogens with zero attached hydrogens (tertiary/aromatic N) is 1. The Bertz CT molecular complexity index is 1200. The smallest absolute Gasteiger partial charge is 0.263 e. The molecule has 0 spiro atoms. The quantitative estimate of drug-likeness (QED) is 0.665. The van der Waals surface area contributed by atoms with E-state index in [1.54, 1.807) is 18.2 Å². The minimum atomic E-state index is -3.61. The maximum Gasteiger partial charge on any atom is 0.263 e. The molecule has 3 aromatic rings. The van der Waals surface area contributed by atoms with Crippen LogP contribution in [0, 0.1) is 0 Å². The Balaban J connectivity index is 1.41. The van der Waals surface area contributed by atoms with Gasteiger partial charge in [0.1, 0.15) is 12.4 Å². The Kier molecular flexibility index (Phi) is 5.37. The zero-order valence-corrected chi connectivity index (χ0v) is 17.2. The standard InChI is InChI=1S/C23H21N3O3S/c1-16(17-11-13-19(14-12-17)18-7-3-2-4-8-18)25-22(27)15-24-23-20-9-5-6-10-21(20)30(28,29)26-23/h2-14,16H,15H2,1H3,(H,24,26)(H,25,27)/t16-/m0/s1. The summed E-state index contributed by atoms with van der Waals surface area (Å²) < 4.78 is 26.6. The van der Waals surface area contributed by atoms with E-state index in [2.05, 4.69) is 27.2 Å². The lowest BCUT2D eigenvalue weighted by Crippen LogP contribution is -2.30. The first-order chi connectivity index (χ1) is 14.4. The summed E-state index contributed by atoms with van der Waals surface area (Å²) in [6.45, 7) is 1.73. The first-order valence-electron chi connectivity index (χ1n) is 9.55. The maximum atomic E-state index is 12.3. The molecule has 3 aromatic carbocycles. The average molecular weight is 420 g/mol. The van der Waals surface area contributed by atoms with Gasteiger partial charge in [-0.1, -0.05) is 66.7 Å². The summed E-state index contributed by atoms with van der Waals surface area (Å²) >= 11 is 0. The Morgan fingerprint density at radius 3 is 2.30 bits per heavy atom. The number of aliphatic imine (C=N–C) groups is 1. The number of nitrogens with one attached hydrogen (secondary N) is 2. The molecule has 1 aliphatic heterocycles. The van der Waals surface area contributed by atoms with Gasteiger partial charge in [-0.2, -0.15) is 0 Å². The molecular formula is C23H21N3O3S. The third kappa shape index (κ3) is 4.11. The van der Waals surface area contributed by atoms with Crippen molar-refractivity contribution in [3.8, 4) is 11.1 Å². The number of fused-ring (bicyclic) bond motifs is 1. The molecule has 0 radical (unpaired) electrons. The van der Waals surface area contributed by atoms with Crippen LogP contribution in [-0.4, -0.2) is 26.7 Å². The summed E-state index contributed by atoms with van der Waals surface area (Å²) in [6, 6.07) is 24.5. The van der Waals surface area contributed by atoms with Crippen LogP contribution in [0.1, 0.15) is 24.1 Å². The molecule has 0 fully saturated rings. The number of amidine groups is 1. The van der Waals surface area contributed by atoms with Crippen molar-refractivity contribution >= 4 is 21.8 Å². The first kappa shape index (κ1) is 19.8. The van der Waals surface area contributed by atoms with Crippen molar-refractivity contribution in [2.45, 2.75) is 17.9 Å². The zero-order chi connectivity index (χ0) is 21.1. The molecule has 1 amide bonds. The predicted molar refractivity (Wildman–Crippen MR) is 117 cm³/mol. The first-order valence-corrected chi connectivity index (χ1v) is 11.0. The van der Waals surface area contributed by atoms with Crippen LogP contribution in [0.2, 0.25) is 0 Å². The molecule has 0 aromatic heterocycles. The Morgan fingerprint density at radius 2 is 1.57 bits per heavy atom. The van der Waals surface area contributed by atoms with Crippen molar-refractivity contribution < 1.29 is 13.2 Å². The zero-order valence-electron chi connectivity index (χ0n) is 16.4. The molecule has 0 saturated carbocycles. The number of rotatable bonds is 5. The molecule has 6 nitrogen and oxygen atoms in total. The van der Waals surface area contributed by atoms with Gasteiger partial charge >= 0.3 is 0 Å². The van der Waals surface area contributed by atoms with Crippen molar-refractivity contribution in [2.24, 2.45) is 4.99 Å². The molecule has 4 rings (SSSR count). The van der Waals surface area contributed by atoms with Gasteiger partial charge in [0.25, 0.3) is 10.0 Å². The minimum absolute atomic E-state index is 0.168. The van der Waals surface area contributed by atoms with E-state index in [0.717, 1.165) is 16.7 Å². The molecule has 7 heteroatoms. The number of carbonyl (C=O) groups excluding carboxylic acids is 1. The van der Waals surface area contributed by atoms with Gasteiger partial charge in [-0.25, -0.2) is 8.42 Å². The highest BCUT2D eigenvalue weighted by molar-refractivity contribution is 7.90. The summed E-state index contributed by atoms with van der Waals surface area (Å²) in [5.74, 6) is -0.0914.